The summed E-state index contributed by atoms with van der Waals surface area (Å²) in [5.74, 6) is 2.40. The van der Waals surface area contributed by atoms with E-state index < -0.39 is 5.79 Å². The van der Waals surface area contributed by atoms with Crippen LogP contribution in [0.4, 0.5) is 10.5 Å². The van der Waals surface area contributed by atoms with Crippen molar-refractivity contribution >= 4 is 11.7 Å². The molecule has 0 unspecified atom stereocenters. The number of fused-ring (bicyclic) bond motifs is 2. The third kappa shape index (κ3) is 3.72. The first kappa shape index (κ1) is 18.9. The topological polar surface area (TPSA) is 69.3 Å². The predicted molar refractivity (Wildman–Crippen MR) is 111 cm³/mol. The highest BCUT2D eigenvalue weighted by Gasteiger charge is 2.42. The van der Waals surface area contributed by atoms with E-state index in [0.717, 1.165) is 48.5 Å². The molecule has 5 rings (SSSR count). The molecule has 0 saturated heterocycles. The predicted octanol–water partition coefficient (Wildman–Crippen LogP) is 4.55. The first-order valence-electron chi connectivity index (χ1n) is 10.5. The molecule has 1 fully saturated rings. The number of ether oxygens (including phenoxy) is 4. The van der Waals surface area contributed by atoms with Gasteiger partial charge in [0.1, 0.15) is 13.2 Å². The van der Waals surface area contributed by atoms with Gasteiger partial charge in [0, 0.05) is 38.2 Å². The van der Waals surface area contributed by atoms with Crippen LogP contribution in [0.25, 0.3) is 0 Å². The maximum absolute atomic E-state index is 12.7. The second kappa shape index (κ2) is 7.63. The number of anilines is 1. The Balaban J connectivity index is 1.22. The van der Waals surface area contributed by atoms with Gasteiger partial charge in [-0.05, 0) is 42.7 Å². The number of urea groups is 1. The molecular formula is C23H26N2O5. The van der Waals surface area contributed by atoms with Crippen molar-refractivity contribution in [1.82, 2.24) is 4.90 Å². The van der Waals surface area contributed by atoms with Crippen LogP contribution in [0.3, 0.4) is 0 Å². The Morgan fingerprint density at radius 3 is 2.50 bits per heavy atom. The van der Waals surface area contributed by atoms with Crippen molar-refractivity contribution in [1.29, 1.82) is 0 Å². The zero-order valence-electron chi connectivity index (χ0n) is 17.1. The molecule has 0 atom stereocenters. The molecule has 30 heavy (non-hydrogen) atoms. The van der Waals surface area contributed by atoms with E-state index in [4.69, 9.17) is 18.9 Å². The Bertz CT molecular complexity index is 955. The maximum atomic E-state index is 12.7. The molecule has 2 heterocycles. The summed E-state index contributed by atoms with van der Waals surface area (Å²) in [4.78, 5) is 14.3. The van der Waals surface area contributed by atoms with Crippen LogP contribution in [-0.4, -0.2) is 37.0 Å². The van der Waals surface area contributed by atoms with Crippen molar-refractivity contribution < 1.29 is 23.7 Å². The highest BCUT2D eigenvalue weighted by atomic mass is 16.7. The van der Waals surface area contributed by atoms with Gasteiger partial charge in [-0.2, -0.15) is 0 Å². The van der Waals surface area contributed by atoms with Gasteiger partial charge >= 0.3 is 6.03 Å². The molecule has 158 valence electrons. The van der Waals surface area contributed by atoms with Crippen LogP contribution in [0.15, 0.2) is 36.4 Å². The Morgan fingerprint density at radius 1 is 0.933 bits per heavy atom. The zero-order chi connectivity index (χ0) is 20.6. The number of nitrogens with one attached hydrogen (secondary N) is 1. The van der Waals surface area contributed by atoms with Crippen molar-refractivity contribution in [2.45, 2.75) is 44.4 Å². The molecule has 7 nitrogen and oxygen atoms in total. The van der Waals surface area contributed by atoms with Crippen molar-refractivity contribution in [2.24, 2.45) is 0 Å². The van der Waals surface area contributed by atoms with Crippen molar-refractivity contribution in [3.63, 3.8) is 0 Å². The minimum absolute atomic E-state index is 0.198. The van der Waals surface area contributed by atoms with Gasteiger partial charge in [-0.15, -0.1) is 0 Å². The second-order valence-electron chi connectivity index (χ2n) is 8.10. The number of benzene rings is 2. The molecule has 3 aliphatic rings. The van der Waals surface area contributed by atoms with E-state index in [9.17, 15) is 4.79 Å². The van der Waals surface area contributed by atoms with Gasteiger partial charge < -0.3 is 29.2 Å². The standard InChI is InChI=1S/C23H26N2O5/c1-25(15-16-5-7-18-20(13-16)28-12-11-27-18)22(26)24-17-6-8-19-21(14-17)30-23(29-19)9-3-2-4-10-23/h5-8,13-14H,2-4,9-12,15H2,1H3,(H,24,26). The van der Waals surface area contributed by atoms with Gasteiger partial charge in [0.15, 0.2) is 23.0 Å². The molecule has 1 saturated carbocycles. The fourth-order valence-corrected chi connectivity index (χ4v) is 4.22. The quantitative estimate of drug-likeness (QED) is 0.804. The summed E-state index contributed by atoms with van der Waals surface area (Å²) < 4.78 is 23.4. The maximum Gasteiger partial charge on any atom is 0.321 e. The van der Waals surface area contributed by atoms with E-state index in [0.29, 0.717) is 31.2 Å². The number of carbonyl (C=O) groups is 1. The van der Waals surface area contributed by atoms with Gasteiger partial charge in [0.05, 0.1) is 0 Å². The number of hydrogen-bond acceptors (Lipinski definition) is 5. The van der Waals surface area contributed by atoms with Gasteiger partial charge in [-0.1, -0.05) is 12.5 Å². The molecule has 1 aliphatic carbocycles. The lowest BCUT2D eigenvalue weighted by atomic mass is 9.94. The van der Waals surface area contributed by atoms with Crippen LogP contribution < -0.4 is 24.3 Å². The van der Waals surface area contributed by atoms with Crippen LogP contribution in [-0.2, 0) is 6.54 Å². The summed E-state index contributed by atoms with van der Waals surface area (Å²) in [6, 6.07) is 11.1. The lowest BCUT2D eigenvalue weighted by Gasteiger charge is -2.31. The minimum Gasteiger partial charge on any atom is -0.486 e. The van der Waals surface area contributed by atoms with Crippen LogP contribution in [0.5, 0.6) is 23.0 Å². The summed E-state index contributed by atoms with van der Waals surface area (Å²) >= 11 is 0. The Kier molecular flexibility index (Phi) is 4.81. The highest BCUT2D eigenvalue weighted by Crippen LogP contribution is 2.46. The number of nitrogens with zero attached hydrogens (tertiary/aromatic N) is 1. The summed E-state index contributed by atoms with van der Waals surface area (Å²) in [5.41, 5.74) is 1.66. The van der Waals surface area contributed by atoms with Crippen molar-refractivity contribution in [3.8, 4) is 23.0 Å². The molecule has 0 aromatic heterocycles. The van der Waals surface area contributed by atoms with E-state index >= 15 is 0 Å². The first-order valence-corrected chi connectivity index (χ1v) is 10.5. The number of carbonyl (C=O) groups excluding carboxylic acids is 1. The van der Waals surface area contributed by atoms with Gasteiger partial charge in [0.25, 0.3) is 5.79 Å². The van der Waals surface area contributed by atoms with E-state index in [2.05, 4.69) is 5.32 Å². The van der Waals surface area contributed by atoms with Gasteiger partial charge in [0.2, 0.25) is 0 Å². The number of rotatable bonds is 3. The first-order chi connectivity index (χ1) is 14.6. The molecular weight excluding hydrogens is 384 g/mol. The third-order valence-corrected chi connectivity index (χ3v) is 5.78. The van der Waals surface area contributed by atoms with Gasteiger partial charge in [-0.25, -0.2) is 4.79 Å². The third-order valence-electron chi connectivity index (χ3n) is 5.78. The van der Waals surface area contributed by atoms with E-state index in [-0.39, 0.29) is 6.03 Å². The monoisotopic (exact) mass is 410 g/mol. The fourth-order valence-electron chi connectivity index (χ4n) is 4.22. The normalized spacial score (nSPS) is 18.2. The lowest BCUT2D eigenvalue weighted by molar-refractivity contribution is -0.105. The minimum atomic E-state index is -0.516. The van der Waals surface area contributed by atoms with E-state index in [1.807, 2.05) is 36.4 Å². The number of amides is 2. The van der Waals surface area contributed by atoms with Crippen LogP contribution in [0, 0.1) is 0 Å². The van der Waals surface area contributed by atoms with Crippen molar-refractivity contribution in [3.05, 3.63) is 42.0 Å². The van der Waals surface area contributed by atoms with E-state index in [1.165, 1.54) is 6.42 Å². The second-order valence-corrected chi connectivity index (χ2v) is 8.10. The summed E-state index contributed by atoms with van der Waals surface area (Å²) in [6.45, 7) is 1.56. The molecule has 2 amide bonds. The molecule has 2 aliphatic heterocycles. The Labute approximate surface area is 175 Å². The van der Waals surface area contributed by atoms with Crippen molar-refractivity contribution in [2.75, 3.05) is 25.6 Å². The highest BCUT2D eigenvalue weighted by molar-refractivity contribution is 5.89. The zero-order valence-corrected chi connectivity index (χ0v) is 17.1. The van der Waals surface area contributed by atoms with E-state index in [1.54, 1.807) is 11.9 Å². The smallest absolute Gasteiger partial charge is 0.321 e. The van der Waals surface area contributed by atoms with Crippen LogP contribution in [0.2, 0.25) is 0 Å². The molecule has 1 spiro atoms. The van der Waals surface area contributed by atoms with Crippen LogP contribution >= 0.6 is 0 Å². The molecule has 2 aromatic rings. The molecule has 0 bridgehead atoms. The largest absolute Gasteiger partial charge is 0.486 e. The molecule has 2 aromatic carbocycles. The summed E-state index contributed by atoms with van der Waals surface area (Å²) in [5, 5.41) is 2.94. The average molecular weight is 410 g/mol. The average Bonchev–Trinajstić information content (AvgIpc) is 3.10. The van der Waals surface area contributed by atoms with Crippen LogP contribution in [0.1, 0.15) is 37.7 Å². The molecule has 1 N–H and O–H groups in total. The summed E-state index contributed by atoms with van der Waals surface area (Å²) in [6.07, 6.45) is 5.26. The SMILES string of the molecule is CN(Cc1ccc2c(c1)OCCO2)C(=O)Nc1ccc2c(c1)OC1(CCCCC1)O2. The number of hydrogen-bond donors (Lipinski definition) is 1. The Hall–Kier alpha value is -3.09. The lowest BCUT2D eigenvalue weighted by Crippen LogP contribution is -2.40. The molecule has 0 radical (unpaired) electrons. The van der Waals surface area contributed by atoms with Gasteiger partial charge in [-0.3, -0.25) is 0 Å². The Morgan fingerprint density at radius 2 is 1.67 bits per heavy atom. The summed E-state index contributed by atoms with van der Waals surface area (Å²) in [7, 11) is 1.76. The molecule has 7 heteroatoms. The fraction of sp³-hybridized carbons (Fsp3) is 0.435.